The topological polar surface area (TPSA) is 92.9 Å². The van der Waals surface area contributed by atoms with Gasteiger partial charge in [0.15, 0.2) is 0 Å². The molecule has 2 aliphatic rings. The van der Waals surface area contributed by atoms with Crippen LogP contribution in [0.5, 0.6) is 0 Å². The van der Waals surface area contributed by atoms with Crippen molar-refractivity contribution in [1.82, 2.24) is 4.90 Å². The molecule has 2 aliphatic heterocycles. The van der Waals surface area contributed by atoms with E-state index in [4.69, 9.17) is 15.6 Å². The highest BCUT2D eigenvalue weighted by Gasteiger charge is 2.44. The molecule has 6 nitrogen and oxygen atoms in total. The first kappa shape index (κ1) is 11.3. The summed E-state index contributed by atoms with van der Waals surface area (Å²) >= 11 is 0. The number of hydrogen-bond donors (Lipinski definition) is 2. The van der Waals surface area contributed by atoms with Crippen molar-refractivity contribution in [2.45, 2.75) is 18.4 Å². The van der Waals surface area contributed by atoms with Crippen LogP contribution in [0, 0.1) is 5.92 Å². The van der Waals surface area contributed by atoms with Gasteiger partial charge in [0.2, 0.25) is 5.91 Å². The fourth-order valence-corrected chi connectivity index (χ4v) is 2.18. The summed E-state index contributed by atoms with van der Waals surface area (Å²) in [4.78, 5) is 24.0. The summed E-state index contributed by atoms with van der Waals surface area (Å²) in [5.74, 6) is -0.845. The Hall–Kier alpha value is -1.14. The third kappa shape index (κ3) is 2.03. The molecule has 3 N–H and O–H groups in total. The third-order valence-electron chi connectivity index (χ3n) is 3.19. The van der Waals surface area contributed by atoms with Crippen LogP contribution < -0.4 is 5.73 Å². The van der Waals surface area contributed by atoms with Crippen LogP contribution in [0.1, 0.15) is 12.8 Å². The average molecular weight is 228 g/mol. The maximum Gasteiger partial charge on any atom is 0.303 e. The third-order valence-corrected chi connectivity index (χ3v) is 3.19. The number of aliphatic carboxylic acids is 1. The summed E-state index contributed by atoms with van der Waals surface area (Å²) in [6.07, 6.45) is 0.670. The molecule has 6 heteroatoms. The van der Waals surface area contributed by atoms with Crippen molar-refractivity contribution in [2.75, 3.05) is 26.3 Å². The number of ether oxygens (including phenoxy) is 1. The molecule has 0 radical (unpaired) electrons. The van der Waals surface area contributed by atoms with Crippen LogP contribution in [-0.4, -0.2) is 53.7 Å². The first-order chi connectivity index (χ1) is 7.51. The molecule has 0 aromatic carbocycles. The van der Waals surface area contributed by atoms with Crippen LogP contribution in [-0.2, 0) is 14.3 Å². The molecule has 1 amide bonds. The van der Waals surface area contributed by atoms with Crippen molar-refractivity contribution in [3.8, 4) is 0 Å². The van der Waals surface area contributed by atoms with Crippen LogP contribution >= 0.6 is 0 Å². The van der Waals surface area contributed by atoms with E-state index >= 15 is 0 Å². The maximum absolute atomic E-state index is 12.0. The van der Waals surface area contributed by atoms with Gasteiger partial charge in [-0.2, -0.15) is 0 Å². The summed E-state index contributed by atoms with van der Waals surface area (Å²) in [6, 6.07) is 0. The number of amides is 1. The summed E-state index contributed by atoms with van der Waals surface area (Å²) in [5, 5.41) is 8.59. The lowest BCUT2D eigenvalue weighted by molar-refractivity contribution is -0.148. The number of likely N-dealkylation sites (tertiary alicyclic amines) is 1. The van der Waals surface area contributed by atoms with E-state index in [0.717, 1.165) is 0 Å². The predicted molar refractivity (Wildman–Crippen MR) is 54.7 cm³/mol. The Kier molecular flexibility index (Phi) is 2.86. The molecule has 1 atom stereocenters. The van der Waals surface area contributed by atoms with Crippen LogP contribution in [0.2, 0.25) is 0 Å². The molecule has 16 heavy (non-hydrogen) atoms. The molecule has 2 heterocycles. The zero-order chi connectivity index (χ0) is 11.8. The second-order valence-corrected chi connectivity index (χ2v) is 4.63. The maximum atomic E-state index is 12.0. The van der Waals surface area contributed by atoms with Gasteiger partial charge >= 0.3 is 5.97 Å². The molecule has 2 saturated heterocycles. The zero-order valence-electron chi connectivity index (χ0n) is 9.02. The van der Waals surface area contributed by atoms with Crippen LogP contribution in [0.3, 0.4) is 0 Å². The lowest BCUT2D eigenvalue weighted by atomic mass is 9.91. The minimum Gasteiger partial charge on any atom is -0.481 e. The molecule has 0 spiro atoms. The van der Waals surface area contributed by atoms with E-state index in [1.54, 1.807) is 4.90 Å². The standard InChI is InChI=1S/C10H16N2O4/c11-10(1-2-16-6-10)9(15)12-4-7(5-12)3-8(13)14/h7H,1-6,11H2,(H,13,14). The molecular formula is C10H16N2O4. The van der Waals surface area contributed by atoms with Gasteiger partial charge in [-0.3, -0.25) is 9.59 Å². The SMILES string of the molecule is NC1(C(=O)N2CC(CC(=O)O)C2)CCOC1. The largest absolute Gasteiger partial charge is 0.481 e. The zero-order valence-corrected chi connectivity index (χ0v) is 9.02. The number of rotatable bonds is 3. The van der Waals surface area contributed by atoms with E-state index in [9.17, 15) is 9.59 Å². The van der Waals surface area contributed by atoms with Crippen molar-refractivity contribution < 1.29 is 19.4 Å². The Bertz CT molecular complexity index is 306. The van der Waals surface area contributed by atoms with Crippen molar-refractivity contribution in [3.63, 3.8) is 0 Å². The van der Waals surface area contributed by atoms with E-state index in [1.165, 1.54) is 0 Å². The lowest BCUT2D eigenvalue weighted by Gasteiger charge is -2.42. The molecule has 1 unspecified atom stereocenters. The molecule has 90 valence electrons. The van der Waals surface area contributed by atoms with E-state index in [-0.39, 0.29) is 24.9 Å². The normalized spacial score (nSPS) is 30.2. The van der Waals surface area contributed by atoms with Gasteiger partial charge in [0.25, 0.3) is 0 Å². The summed E-state index contributed by atoms with van der Waals surface area (Å²) in [7, 11) is 0. The number of carboxylic acids is 1. The van der Waals surface area contributed by atoms with Gasteiger partial charge in [-0.1, -0.05) is 0 Å². The summed E-state index contributed by atoms with van der Waals surface area (Å²) in [6.45, 7) is 1.80. The molecule has 2 rings (SSSR count). The molecule has 2 fully saturated rings. The van der Waals surface area contributed by atoms with E-state index in [2.05, 4.69) is 0 Å². The van der Waals surface area contributed by atoms with Gasteiger partial charge in [0.1, 0.15) is 5.54 Å². The fraction of sp³-hybridized carbons (Fsp3) is 0.800. The average Bonchev–Trinajstić information content (AvgIpc) is 2.58. The van der Waals surface area contributed by atoms with E-state index in [0.29, 0.717) is 26.1 Å². The smallest absolute Gasteiger partial charge is 0.303 e. The number of nitrogens with two attached hydrogens (primary N) is 1. The molecule has 0 aromatic rings. The van der Waals surface area contributed by atoms with Crippen molar-refractivity contribution in [2.24, 2.45) is 11.7 Å². The Labute approximate surface area is 93.3 Å². The number of carbonyl (C=O) groups excluding carboxylic acids is 1. The molecule has 0 aromatic heterocycles. The first-order valence-corrected chi connectivity index (χ1v) is 5.39. The number of carboxylic acid groups (broad SMARTS) is 1. The van der Waals surface area contributed by atoms with Gasteiger partial charge in [-0.25, -0.2) is 0 Å². The fourth-order valence-electron chi connectivity index (χ4n) is 2.18. The van der Waals surface area contributed by atoms with Crippen molar-refractivity contribution in [1.29, 1.82) is 0 Å². The van der Waals surface area contributed by atoms with E-state index < -0.39 is 11.5 Å². The predicted octanol–water partition coefficient (Wildman–Crippen LogP) is -0.963. The highest BCUT2D eigenvalue weighted by atomic mass is 16.5. The highest BCUT2D eigenvalue weighted by Crippen LogP contribution is 2.25. The van der Waals surface area contributed by atoms with Crippen molar-refractivity contribution in [3.05, 3.63) is 0 Å². The Morgan fingerprint density at radius 3 is 2.69 bits per heavy atom. The minimum absolute atomic E-state index is 0.0763. The quantitative estimate of drug-likeness (QED) is 0.648. The van der Waals surface area contributed by atoms with Crippen LogP contribution in [0.15, 0.2) is 0 Å². The van der Waals surface area contributed by atoms with Crippen LogP contribution in [0.4, 0.5) is 0 Å². The minimum atomic E-state index is -0.881. The van der Waals surface area contributed by atoms with E-state index in [1.807, 2.05) is 0 Å². The number of nitrogens with zero attached hydrogens (tertiary/aromatic N) is 1. The van der Waals surface area contributed by atoms with Gasteiger partial charge in [-0.05, 0) is 6.42 Å². The first-order valence-electron chi connectivity index (χ1n) is 5.39. The highest BCUT2D eigenvalue weighted by molar-refractivity contribution is 5.87. The van der Waals surface area contributed by atoms with Crippen LogP contribution in [0.25, 0.3) is 0 Å². The molecule has 0 bridgehead atoms. The lowest BCUT2D eigenvalue weighted by Crippen LogP contribution is -2.62. The van der Waals surface area contributed by atoms with Gasteiger partial charge < -0.3 is 20.5 Å². The van der Waals surface area contributed by atoms with Gasteiger partial charge in [0, 0.05) is 25.6 Å². The summed E-state index contributed by atoms with van der Waals surface area (Å²) < 4.78 is 5.12. The Morgan fingerprint density at radius 2 is 2.19 bits per heavy atom. The monoisotopic (exact) mass is 228 g/mol. The number of hydrogen-bond acceptors (Lipinski definition) is 4. The van der Waals surface area contributed by atoms with Gasteiger partial charge in [-0.15, -0.1) is 0 Å². The van der Waals surface area contributed by atoms with Gasteiger partial charge in [0.05, 0.1) is 13.0 Å². The Balaban J connectivity index is 1.83. The van der Waals surface area contributed by atoms with Crippen molar-refractivity contribution >= 4 is 11.9 Å². The Morgan fingerprint density at radius 1 is 1.50 bits per heavy atom. The molecular weight excluding hydrogens is 212 g/mol. The molecule has 0 saturated carbocycles. The summed E-state index contributed by atoms with van der Waals surface area (Å²) in [5.41, 5.74) is 5.05. The second-order valence-electron chi connectivity index (χ2n) is 4.63. The second kappa shape index (κ2) is 4.03. The molecule has 0 aliphatic carbocycles. The number of carbonyl (C=O) groups is 2.